The molecule has 3 aliphatic carbocycles. The van der Waals surface area contributed by atoms with Crippen LogP contribution in [0.3, 0.4) is 0 Å². The van der Waals surface area contributed by atoms with E-state index in [4.69, 9.17) is 5.73 Å². The number of ketones is 4. The molecule has 0 saturated heterocycles. The topological polar surface area (TPSA) is 158 Å². The Morgan fingerprint density at radius 1 is 1.15 bits per heavy atom. The van der Waals surface area contributed by atoms with Gasteiger partial charge in [-0.25, -0.2) is 0 Å². The highest BCUT2D eigenvalue weighted by Gasteiger charge is 2.69. The van der Waals surface area contributed by atoms with Crippen molar-refractivity contribution in [1.29, 1.82) is 0 Å². The van der Waals surface area contributed by atoms with E-state index < -0.39 is 64.4 Å². The maximum atomic E-state index is 14.0. The lowest BCUT2D eigenvalue weighted by atomic mass is 9.52. The molecule has 2 fully saturated rings. The van der Waals surface area contributed by atoms with Gasteiger partial charge in [0.15, 0.2) is 34.7 Å². The van der Waals surface area contributed by atoms with Crippen LogP contribution >= 0.6 is 0 Å². The molecule has 1 amide bonds. The molecule has 1 aromatic rings. The summed E-state index contributed by atoms with van der Waals surface area (Å²) in [6, 6.07) is 0.587. The zero-order valence-corrected chi connectivity index (χ0v) is 22.9. The molecule has 4 N–H and O–H groups in total. The third-order valence-electron chi connectivity index (χ3n) is 8.40. The average molecular weight is 538 g/mol. The predicted molar refractivity (Wildman–Crippen MR) is 142 cm³/mol. The summed E-state index contributed by atoms with van der Waals surface area (Å²) in [5.41, 5.74) is 4.03. The molecule has 0 bridgehead atoms. The first-order valence-corrected chi connectivity index (χ1v) is 13.2. The van der Waals surface area contributed by atoms with Crippen molar-refractivity contribution in [2.75, 3.05) is 33.1 Å². The number of carbonyl (C=O) groups excluding carboxylic acids is 5. The largest absolute Gasteiger partial charge is 0.506 e. The van der Waals surface area contributed by atoms with Crippen LogP contribution in [-0.4, -0.2) is 84.0 Å². The molecule has 10 heteroatoms. The molecule has 6 atom stereocenters. The van der Waals surface area contributed by atoms with E-state index in [1.54, 1.807) is 39.2 Å². The number of benzene rings is 1. The zero-order valence-electron chi connectivity index (χ0n) is 22.9. The van der Waals surface area contributed by atoms with Crippen molar-refractivity contribution < 1.29 is 34.2 Å². The number of rotatable bonds is 5. The van der Waals surface area contributed by atoms with Gasteiger partial charge in [0.25, 0.3) is 0 Å². The van der Waals surface area contributed by atoms with Crippen molar-refractivity contribution in [3.8, 4) is 17.6 Å². The second-order valence-corrected chi connectivity index (χ2v) is 11.2. The van der Waals surface area contributed by atoms with E-state index >= 15 is 0 Å². The minimum Gasteiger partial charge on any atom is -0.506 e. The number of primary amides is 1. The first-order valence-electron chi connectivity index (χ1n) is 13.2. The predicted octanol–water partition coefficient (Wildman–Crippen LogP) is 0.475. The molecule has 0 radical (unpaired) electrons. The summed E-state index contributed by atoms with van der Waals surface area (Å²) < 4.78 is 0. The third-order valence-corrected chi connectivity index (χ3v) is 8.40. The summed E-state index contributed by atoms with van der Waals surface area (Å²) in [4.78, 5) is 69.9. The number of unbranched alkanes of at least 4 members (excludes halogenated alkanes) is 2. The number of nitrogens with zero attached hydrogens (tertiary/aromatic N) is 2. The number of aliphatic hydroxyl groups is 1. The lowest BCUT2D eigenvalue weighted by Gasteiger charge is -2.52. The number of hydrogen-bond acceptors (Lipinski definition) is 9. The van der Waals surface area contributed by atoms with Crippen LogP contribution in [0.5, 0.6) is 5.75 Å². The minimum atomic E-state index is -2.74. The summed E-state index contributed by atoms with van der Waals surface area (Å²) in [6.07, 6.45) is 2.67. The first kappa shape index (κ1) is 28.5. The Balaban J connectivity index is 1.87. The average Bonchev–Trinajstić information content (AvgIpc) is 2.84. The Morgan fingerprint density at radius 3 is 2.38 bits per heavy atom. The van der Waals surface area contributed by atoms with Gasteiger partial charge < -0.3 is 20.8 Å². The van der Waals surface area contributed by atoms with Gasteiger partial charge in [-0.2, -0.15) is 0 Å². The number of amides is 1. The van der Waals surface area contributed by atoms with Crippen LogP contribution in [0.2, 0.25) is 0 Å². The summed E-state index contributed by atoms with van der Waals surface area (Å²) >= 11 is 0. The first-order chi connectivity index (χ1) is 18.3. The van der Waals surface area contributed by atoms with Gasteiger partial charge in [-0.15, -0.1) is 0 Å². The Morgan fingerprint density at radius 2 is 1.82 bits per heavy atom. The van der Waals surface area contributed by atoms with Crippen LogP contribution in [0.4, 0.5) is 5.69 Å². The molecule has 10 nitrogen and oxygen atoms in total. The minimum absolute atomic E-state index is 0.0100. The van der Waals surface area contributed by atoms with E-state index in [-0.39, 0.29) is 29.7 Å². The van der Waals surface area contributed by atoms with Crippen molar-refractivity contribution >= 4 is 34.7 Å². The van der Waals surface area contributed by atoms with E-state index in [1.165, 1.54) is 4.90 Å². The number of phenols is 1. The fraction of sp³-hybridized carbons (Fsp3) is 0.552. The second-order valence-electron chi connectivity index (χ2n) is 11.2. The van der Waals surface area contributed by atoms with Gasteiger partial charge in [-0.05, 0) is 50.9 Å². The maximum Gasteiger partial charge on any atom is 0.235 e. The van der Waals surface area contributed by atoms with Gasteiger partial charge in [0, 0.05) is 32.1 Å². The summed E-state index contributed by atoms with van der Waals surface area (Å²) in [5, 5.41) is 22.9. The third kappa shape index (κ3) is 4.24. The van der Waals surface area contributed by atoms with E-state index in [0.29, 0.717) is 17.7 Å². The van der Waals surface area contributed by atoms with Crippen LogP contribution in [-0.2, 0) is 25.6 Å². The lowest BCUT2D eigenvalue weighted by Crippen LogP contribution is -2.74. The smallest absolute Gasteiger partial charge is 0.235 e. The van der Waals surface area contributed by atoms with Gasteiger partial charge in [0.05, 0.1) is 23.1 Å². The number of hydrogen-bond donors (Lipinski definition) is 3. The van der Waals surface area contributed by atoms with Crippen molar-refractivity contribution in [2.24, 2.45) is 29.4 Å². The monoisotopic (exact) mass is 537 g/mol. The number of fused-ring (bicyclic) bond motifs is 3. The van der Waals surface area contributed by atoms with Crippen molar-refractivity contribution in [1.82, 2.24) is 4.90 Å². The summed E-state index contributed by atoms with van der Waals surface area (Å²) in [6.45, 7) is 2.04. The standard InChI is InChI=1S/C29H35N3O7/c1-6-7-8-9-10-14-13-18(31(2)3)16-11-15-12-17-22(32(4)5)25(35)21(28(30)38)27(37)29(17,39)26(36)19(15)24(34)20(16)23(14)33/h13,15,17,19,21-22,33,39H,6-8,11-12H2,1-5H3,(H2,30,38)/t15-,17-,19?,21?,22-,29-/m0/s1. The molecule has 2 unspecified atom stereocenters. The SMILES string of the molecule is CCCCC#Cc1cc(N(C)C)c2c(c1O)C(=O)C1C(=O)[C@]3(O)C(=O)C(C(N)=O)C(=O)[C@@H](N(C)C)[C@@H]3C[C@@H]1C2. The molecule has 4 rings (SSSR count). The van der Waals surface area contributed by atoms with Gasteiger partial charge in [-0.3, -0.25) is 28.9 Å². The molecule has 39 heavy (non-hydrogen) atoms. The van der Waals surface area contributed by atoms with Crippen LogP contribution in [0, 0.1) is 35.5 Å². The van der Waals surface area contributed by atoms with Gasteiger partial charge in [0.2, 0.25) is 5.91 Å². The summed E-state index contributed by atoms with van der Waals surface area (Å²) in [5.74, 6) is -4.67. The number of anilines is 1. The number of likely N-dealkylation sites (N-methyl/N-ethyl adjacent to an activating group) is 1. The molecule has 0 spiro atoms. The van der Waals surface area contributed by atoms with Crippen molar-refractivity contribution in [3.63, 3.8) is 0 Å². The zero-order chi connectivity index (χ0) is 29.0. The number of phenolic OH excluding ortho intramolecular Hbond substituents is 1. The molecule has 1 aromatic carbocycles. The highest BCUT2D eigenvalue weighted by Crippen LogP contribution is 2.52. The highest BCUT2D eigenvalue weighted by atomic mass is 16.3. The molecular formula is C29H35N3O7. The maximum absolute atomic E-state index is 14.0. The number of Topliss-reactive ketones (excluding diaryl/α,β-unsaturated/α-hetero) is 4. The molecule has 0 aromatic heterocycles. The van der Waals surface area contributed by atoms with Crippen LogP contribution in [0.15, 0.2) is 6.07 Å². The van der Waals surface area contributed by atoms with Gasteiger partial charge in [-0.1, -0.05) is 25.2 Å². The Labute approximate surface area is 227 Å². The van der Waals surface area contributed by atoms with Crippen LogP contribution in [0.1, 0.15) is 54.1 Å². The van der Waals surface area contributed by atoms with Crippen molar-refractivity contribution in [3.05, 3.63) is 22.8 Å². The molecule has 2 saturated carbocycles. The normalized spacial score (nSPS) is 29.8. The van der Waals surface area contributed by atoms with Gasteiger partial charge >= 0.3 is 0 Å². The van der Waals surface area contributed by atoms with Crippen LogP contribution in [0.25, 0.3) is 0 Å². The fourth-order valence-electron chi connectivity index (χ4n) is 6.57. The van der Waals surface area contributed by atoms with Gasteiger partial charge in [0.1, 0.15) is 5.75 Å². The molecule has 0 aliphatic heterocycles. The quantitative estimate of drug-likeness (QED) is 0.276. The van der Waals surface area contributed by atoms with E-state index in [2.05, 4.69) is 11.8 Å². The van der Waals surface area contributed by atoms with E-state index in [9.17, 15) is 34.2 Å². The molecule has 208 valence electrons. The molecule has 0 heterocycles. The Bertz CT molecular complexity index is 1340. The fourth-order valence-corrected chi connectivity index (χ4v) is 6.57. The second kappa shape index (κ2) is 10.2. The molecule has 3 aliphatic rings. The highest BCUT2D eigenvalue weighted by molar-refractivity contribution is 6.32. The number of carbonyl (C=O) groups is 5. The van der Waals surface area contributed by atoms with E-state index in [0.717, 1.165) is 12.8 Å². The molecular weight excluding hydrogens is 502 g/mol. The number of nitrogens with two attached hydrogens (primary N) is 1. The number of aromatic hydroxyl groups is 1. The Hall–Kier alpha value is -3.55. The van der Waals surface area contributed by atoms with E-state index in [1.807, 2.05) is 6.92 Å². The van der Waals surface area contributed by atoms with Crippen LogP contribution < -0.4 is 10.6 Å². The Kier molecular flexibility index (Phi) is 7.45. The van der Waals surface area contributed by atoms with Crippen molar-refractivity contribution in [2.45, 2.75) is 50.7 Å². The summed E-state index contributed by atoms with van der Waals surface area (Å²) in [7, 11) is 6.71. The lowest BCUT2D eigenvalue weighted by molar-refractivity contribution is -0.181.